The molecule has 0 saturated carbocycles. The number of aromatic nitrogens is 5. The molecule has 0 unspecified atom stereocenters. The maximum atomic E-state index is 13.9. The number of halogens is 1. The summed E-state index contributed by atoms with van der Waals surface area (Å²) in [5.74, 6) is 0.184. The van der Waals surface area contributed by atoms with Crippen molar-refractivity contribution in [2.75, 3.05) is 39.2 Å². The minimum absolute atomic E-state index is 0.344. The number of methoxy groups -OCH3 is 2. The molecule has 0 bridgehead atoms. The van der Waals surface area contributed by atoms with Gasteiger partial charge >= 0.3 is 6.03 Å². The molecular formula is C27H29FN8O4. The molecule has 5 rings (SSSR count). The van der Waals surface area contributed by atoms with Gasteiger partial charge in [-0.2, -0.15) is 19.7 Å². The van der Waals surface area contributed by atoms with Crippen LogP contribution in [-0.2, 0) is 9.57 Å². The summed E-state index contributed by atoms with van der Waals surface area (Å²) >= 11 is 0. The van der Waals surface area contributed by atoms with E-state index in [0.29, 0.717) is 53.8 Å². The van der Waals surface area contributed by atoms with Crippen LogP contribution >= 0.6 is 0 Å². The number of urea groups is 1. The zero-order valence-electron chi connectivity index (χ0n) is 22.2. The Labute approximate surface area is 230 Å². The summed E-state index contributed by atoms with van der Waals surface area (Å²) in [6, 6.07) is 13.2. The highest BCUT2D eigenvalue weighted by atomic mass is 19.1. The Balaban J connectivity index is 1.43. The van der Waals surface area contributed by atoms with Crippen molar-refractivity contribution in [3.8, 4) is 22.8 Å². The predicted molar refractivity (Wildman–Crippen MR) is 143 cm³/mol. The van der Waals surface area contributed by atoms with E-state index in [4.69, 9.17) is 19.4 Å². The molecule has 1 aromatic carbocycles. The number of benzene rings is 1. The fourth-order valence-corrected chi connectivity index (χ4v) is 4.50. The van der Waals surface area contributed by atoms with Gasteiger partial charge in [0.25, 0.3) is 0 Å². The molecule has 2 N–H and O–H groups in total. The molecule has 0 spiro atoms. The number of para-hydroxylation sites is 1. The second-order valence-corrected chi connectivity index (χ2v) is 9.08. The summed E-state index contributed by atoms with van der Waals surface area (Å²) in [6.45, 7) is 3.14. The number of ether oxygens (including phenoxy) is 2. The lowest BCUT2D eigenvalue weighted by Gasteiger charge is -2.19. The van der Waals surface area contributed by atoms with Gasteiger partial charge in [0.05, 0.1) is 37.3 Å². The molecule has 4 aromatic rings. The highest BCUT2D eigenvalue weighted by Gasteiger charge is 2.37. The number of anilines is 1. The number of rotatable bonds is 9. The van der Waals surface area contributed by atoms with Gasteiger partial charge in [-0.05, 0) is 36.8 Å². The SMILES string of the molecule is COCCN1C[C@@H](NC(=O)Nc2c(C)c(-c3cnnc(OC)c3)nn2-c2ccccc2)[C@H](c2ccnc(F)c2)O1. The van der Waals surface area contributed by atoms with Crippen molar-refractivity contribution >= 4 is 11.8 Å². The van der Waals surface area contributed by atoms with Crippen LogP contribution in [0.5, 0.6) is 5.88 Å². The lowest BCUT2D eigenvalue weighted by Crippen LogP contribution is -2.42. The molecule has 1 aliphatic heterocycles. The van der Waals surface area contributed by atoms with Gasteiger partial charge in [0.2, 0.25) is 11.8 Å². The quantitative estimate of drug-likeness (QED) is 0.303. The first kappa shape index (κ1) is 27.1. The molecule has 2 amide bonds. The molecule has 1 fully saturated rings. The van der Waals surface area contributed by atoms with Crippen LogP contribution in [0.3, 0.4) is 0 Å². The number of amides is 2. The molecule has 4 heterocycles. The molecule has 3 aromatic heterocycles. The van der Waals surface area contributed by atoms with Crippen molar-refractivity contribution in [3.63, 3.8) is 0 Å². The molecule has 0 aliphatic carbocycles. The van der Waals surface area contributed by atoms with Crippen LogP contribution in [-0.4, -0.2) is 76.0 Å². The Hall–Kier alpha value is -4.46. The third kappa shape index (κ3) is 5.91. The van der Waals surface area contributed by atoms with Gasteiger partial charge in [-0.3, -0.25) is 10.2 Å². The minimum atomic E-state index is -0.628. The molecular weight excluding hydrogens is 519 g/mol. The number of carbonyl (C=O) groups is 1. The summed E-state index contributed by atoms with van der Waals surface area (Å²) in [5, 5.41) is 20.4. The van der Waals surface area contributed by atoms with Crippen LogP contribution < -0.4 is 15.4 Å². The van der Waals surface area contributed by atoms with E-state index in [2.05, 4.69) is 25.8 Å². The molecule has 2 atom stereocenters. The van der Waals surface area contributed by atoms with Crippen LogP contribution in [0.1, 0.15) is 17.2 Å². The lowest BCUT2D eigenvalue weighted by atomic mass is 10.0. The number of nitrogens with one attached hydrogen (secondary N) is 2. The Kier molecular flexibility index (Phi) is 8.24. The van der Waals surface area contributed by atoms with Gasteiger partial charge in [-0.1, -0.05) is 18.2 Å². The Bertz CT molecular complexity index is 1470. The van der Waals surface area contributed by atoms with E-state index >= 15 is 0 Å². The van der Waals surface area contributed by atoms with Crippen LogP contribution in [0.15, 0.2) is 60.9 Å². The zero-order valence-corrected chi connectivity index (χ0v) is 22.2. The van der Waals surface area contributed by atoms with E-state index in [0.717, 1.165) is 5.69 Å². The fourth-order valence-electron chi connectivity index (χ4n) is 4.50. The summed E-state index contributed by atoms with van der Waals surface area (Å²) < 4.78 is 26.0. The number of hydrogen-bond acceptors (Lipinski definition) is 9. The predicted octanol–water partition coefficient (Wildman–Crippen LogP) is 3.31. The first-order chi connectivity index (χ1) is 19.5. The number of hydroxylamine groups is 2. The van der Waals surface area contributed by atoms with Gasteiger partial charge in [0.15, 0.2) is 0 Å². The Morgan fingerprint density at radius 1 is 1.20 bits per heavy atom. The maximum Gasteiger partial charge on any atom is 0.320 e. The first-order valence-corrected chi connectivity index (χ1v) is 12.6. The van der Waals surface area contributed by atoms with E-state index < -0.39 is 24.1 Å². The topological polar surface area (TPSA) is 129 Å². The number of pyridine rings is 1. The number of nitrogens with zero attached hydrogens (tertiary/aromatic N) is 6. The average molecular weight is 549 g/mol. The van der Waals surface area contributed by atoms with Crippen molar-refractivity contribution in [1.29, 1.82) is 0 Å². The van der Waals surface area contributed by atoms with Gasteiger partial charge in [-0.15, -0.1) is 5.10 Å². The fraction of sp³-hybridized carbons (Fsp3) is 0.296. The van der Waals surface area contributed by atoms with Crippen molar-refractivity contribution in [2.24, 2.45) is 0 Å². The van der Waals surface area contributed by atoms with E-state index in [1.807, 2.05) is 37.3 Å². The molecule has 1 saturated heterocycles. The van der Waals surface area contributed by atoms with Crippen molar-refractivity contribution in [2.45, 2.75) is 19.1 Å². The third-order valence-corrected chi connectivity index (χ3v) is 6.44. The molecule has 208 valence electrons. The second-order valence-electron chi connectivity index (χ2n) is 9.08. The van der Waals surface area contributed by atoms with E-state index in [-0.39, 0.29) is 0 Å². The Morgan fingerprint density at radius 2 is 2.02 bits per heavy atom. The van der Waals surface area contributed by atoms with Crippen LogP contribution in [0.25, 0.3) is 16.9 Å². The summed E-state index contributed by atoms with van der Waals surface area (Å²) in [4.78, 5) is 23.1. The smallest absolute Gasteiger partial charge is 0.320 e. The van der Waals surface area contributed by atoms with E-state index in [1.165, 1.54) is 19.4 Å². The largest absolute Gasteiger partial charge is 0.480 e. The molecule has 13 heteroatoms. The minimum Gasteiger partial charge on any atom is -0.480 e. The summed E-state index contributed by atoms with van der Waals surface area (Å²) in [6.07, 6.45) is 2.33. The van der Waals surface area contributed by atoms with Gasteiger partial charge in [0, 0.05) is 43.6 Å². The highest BCUT2D eigenvalue weighted by Crippen LogP contribution is 2.32. The standard InChI is InChI=1S/C27H29FN8O4/c1-17-24(19-14-23(39-3)33-30-15-19)34-36(20-7-5-4-6-8-20)26(17)32-27(37)31-21-16-35(11-12-38-2)40-25(21)18-9-10-29-22(28)13-18/h4-10,13-15,21,25H,11-12,16H2,1-3H3,(H2,31,32,37)/t21-,25+/m1/s1. The van der Waals surface area contributed by atoms with Gasteiger partial charge in [0.1, 0.15) is 11.9 Å². The van der Waals surface area contributed by atoms with Crippen LogP contribution in [0, 0.1) is 12.9 Å². The van der Waals surface area contributed by atoms with Crippen molar-refractivity contribution < 1.29 is 23.5 Å². The third-order valence-electron chi connectivity index (χ3n) is 6.44. The van der Waals surface area contributed by atoms with Crippen LogP contribution in [0.4, 0.5) is 15.0 Å². The van der Waals surface area contributed by atoms with Gasteiger partial charge < -0.3 is 14.8 Å². The average Bonchev–Trinajstić information content (AvgIpc) is 3.52. The highest BCUT2D eigenvalue weighted by molar-refractivity contribution is 5.91. The number of hydrogen-bond donors (Lipinski definition) is 2. The maximum absolute atomic E-state index is 13.9. The molecule has 40 heavy (non-hydrogen) atoms. The molecule has 1 aliphatic rings. The molecule has 0 radical (unpaired) electrons. The van der Waals surface area contributed by atoms with Crippen LogP contribution in [0.2, 0.25) is 0 Å². The monoisotopic (exact) mass is 548 g/mol. The summed E-state index contributed by atoms with van der Waals surface area (Å²) in [7, 11) is 3.11. The second kappa shape index (κ2) is 12.2. The molecule has 12 nitrogen and oxygen atoms in total. The van der Waals surface area contributed by atoms with Gasteiger partial charge in [-0.25, -0.2) is 14.5 Å². The number of carbonyl (C=O) groups excluding carboxylic acids is 1. The Morgan fingerprint density at radius 3 is 2.77 bits per heavy atom. The lowest BCUT2D eigenvalue weighted by molar-refractivity contribution is -0.154. The zero-order chi connectivity index (χ0) is 28.1. The van der Waals surface area contributed by atoms with Crippen molar-refractivity contribution in [1.82, 2.24) is 35.3 Å². The normalized spacial score (nSPS) is 17.1. The van der Waals surface area contributed by atoms with E-state index in [1.54, 1.807) is 35.2 Å². The first-order valence-electron chi connectivity index (χ1n) is 12.6. The van der Waals surface area contributed by atoms with E-state index in [9.17, 15) is 9.18 Å². The summed E-state index contributed by atoms with van der Waals surface area (Å²) in [5.41, 5.74) is 3.31. The van der Waals surface area contributed by atoms with Crippen molar-refractivity contribution in [3.05, 3.63) is 78.0 Å².